The molecule has 0 saturated heterocycles. The SMILES string of the molecule is CN1CCc2c([nH]c3ccccc23)[C@H]1c1ccccc1. The van der Waals surface area contributed by atoms with Crippen molar-refractivity contribution in [1.82, 2.24) is 9.88 Å². The predicted octanol–water partition coefficient (Wildman–Crippen LogP) is 3.75. The van der Waals surface area contributed by atoms with Gasteiger partial charge in [0.2, 0.25) is 0 Å². The summed E-state index contributed by atoms with van der Waals surface area (Å²) >= 11 is 0. The maximum Gasteiger partial charge on any atom is 0.0754 e. The van der Waals surface area contributed by atoms with Crippen LogP contribution in [0.25, 0.3) is 10.9 Å². The number of nitrogens with one attached hydrogen (secondary N) is 1. The first kappa shape index (κ1) is 11.7. The lowest BCUT2D eigenvalue weighted by molar-refractivity contribution is 0.261. The molecule has 1 aromatic heterocycles. The number of nitrogens with zero attached hydrogens (tertiary/aromatic N) is 1. The van der Waals surface area contributed by atoms with Crippen molar-refractivity contribution in [3.8, 4) is 0 Å². The molecule has 0 spiro atoms. The Morgan fingerprint density at radius 2 is 1.75 bits per heavy atom. The molecule has 0 fully saturated rings. The van der Waals surface area contributed by atoms with Gasteiger partial charge in [0.05, 0.1) is 6.04 Å². The highest BCUT2D eigenvalue weighted by Gasteiger charge is 2.28. The van der Waals surface area contributed by atoms with Crippen molar-refractivity contribution in [2.75, 3.05) is 13.6 Å². The molecule has 3 aromatic rings. The summed E-state index contributed by atoms with van der Waals surface area (Å²) in [7, 11) is 2.21. The number of H-pyrrole nitrogens is 1. The summed E-state index contributed by atoms with van der Waals surface area (Å²) in [6.45, 7) is 1.11. The van der Waals surface area contributed by atoms with Crippen molar-refractivity contribution < 1.29 is 0 Å². The minimum atomic E-state index is 0.340. The van der Waals surface area contributed by atoms with Crippen molar-refractivity contribution in [2.24, 2.45) is 0 Å². The van der Waals surface area contributed by atoms with Crippen LogP contribution in [-0.4, -0.2) is 23.5 Å². The van der Waals surface area contributed by atoms with Gasteiger partial charge in [-0.3, -0.25) is 4.90 Å². The third-order valence-electron chi connectivity index (χ3n) is 4.39. The fourth-order valence-electron chi connectivity index (χ4n) is 3.42. The van der Waals surface area contributed by atoms with Crippen LogP contribution in [0.1, 0.15) is 22.9 Å². The molecule has 0 radical (unpaired) electrons. The Bertz CT molecular complexity index is 742. The number of aromatic amines is 1. The summed E-state index contributed by atoms with van der Waals surface area (Å²) in [6, 6.07) is 19.8. The molecule has 0 unspecified atom stereocenters. The van der Waals surface area contributed by atoms with Crippen molar-refractivity contribution in [3.05, 3.63) is 71.4 Å². The molecule has 2 nitrogen and oxygen atoms in total. The van der Waals surface area contributed by atoms with Crippen molar-refractivity contribution in [3.63, 3.8) is 0 Å². The van der Waals surface area contributed by atoms with Crippen molar-refractivity contribution in [1.29, 1.82) is 0 Å². The summed E-state index contributed by atoms with van der Waals surface area (Å²) in [4.78, 5) is 6.09. The first-order chi connectivity index (χ1) is 9.84. The maximum atomic E-state index is 3.65. The summed E-state index contributed by atoms with van der Waals surface area (Å²) in [5.41, 5.74) is 5.48. The van der Waals surface area contributed by atoms with E-state index < -0.39 is 0 Å². The van der Waals surface area contributed by atoms with Gasteiger partial charge in [-0.1, -0.05) is 48.5 Å². The molecular weight excluding hydrogens is 244 g/mol. The van der Waals surface area contributed by atoms with Crippen LogP contribution < -0.4 is 0 Å². The van der Waals surface area contributed by atoms with E-state index in [1.807, 2.05) is 0 Å². The zero-order valence-corrected chi connectivity index (χ0v) is 11.6. The van der Waals surface area contributed by atoms with E-state index in [9.17, 15) is 0 Å². The monoisotopic (exact) mass is 262 g/mol. The minimum absolute atomic E-state index is 0.340. The second-order valence-electron chi connectivity index (χ2n) is 5.61. The van der Waals surface area contributed by atoms with E-state index in [0.29, 0.717) is 6.04 Å². The van der Waals surface area contributed by atoms with E-state index in [0.717, 1.165) is 13.0 Å². The maximum absolute atomic E-state index is 3.65. The largest absolute Gasteiger partial charge is 0.357 e. The molecular formula is C18H18N2. The lowest BCUT2D eigenvalue weighted by atomic mass is 9.93. The molecule has 100 valence electrons. The lowest BCUT2D eigenvalue weighted by Crippen LogP contribution is -2.32. The molecule has 2 aromatic carbocycles. The number of benzene rings is 2. The third-order valence-corrected chi connectivity index (χ3v) is 4.39. The normalized spacial score (nSPS) is 19.1. The van der Waals surface area contributed by atoms with Gasteiger partial charge >= 0.3 is 0 Å². The van der Waals surface area contributed by atoms with Gasteiger partial charge < -0.3 is 4.98 Å². The number of hydrogen-bond acceptors (Lipinski definition) is 1. The Kier molecular flexibility index (Phi) is 2.64. The Balaban J connectivity index is 1.94. The van der Waals surface area contributed by atoms with Crippen LogP contribution in [0.4, 0.5) is 0 Å². The summed E-state index contributed by atoms with van der Waals surface area (Å²) < 4.78 is 0. The standard InChI is InChI=1S/C18H18N2/c1-20-12-11-15-14-9-5-6-10-16(14)19-17(15)18(20)13-7-3-2-4-8-13/h2-10,18-19H,11-12H2,1H3/t18-/m1/s1. The smallest absolute Gasteiger partial charge is 0.0754 e. The van der Waals surface area contributed by atoms with Gasteiger partial charge in [0, 0.05) is 23.1 Å². The lowest BCUT2D eigenvalue weighted by Gasteiger charge is -2.33. The van der Waals surface area contributed by atoms with Crippen molar-refractivity contribution >= 4 is 10.9 Å². The summed E-state index contributed by atoms with van der Waals surface area (Å²) in [5, 5.41) is 1.39. The second kappa shape index (κ2) is 4.50. The molecule has 0 aliphatic carbocycles. The molecule has 0 bridgehead atoms. The fourth-order valence-corrected chi connectivity index (χ4v) is 3.42. The van der Waals surface area contributed by atoms with Crippen LogP contribution in [0.5, 0.6) is 0 Å². The van der Waals surface area contributed by atoms with Crippen LogP contribution in [0.2, 0.25) is 0 Å². The molecule has 1 aliphatic rings. The zero-order chi connectivity index (χ0) is 13.5. The number of likely N-dealkylation sites (N-methyl/N-ethyl adjacent to an activating group) is 1. The Morgan fingerprint density at radius 3 is 2.60 bits per heavy atom. The van der Waals surface area contributed by atoms with Crippen LogP contribution in [0.15, 0.2) is 54.6 Å². The highest BCUT2D eigenvalue weighted by atomic mass is 15.1. The van der Waals surface area contributed by atoms with Gasteiger partial charge in [0.25, 0.3) is 0 Å². The molecule has 1 atom stereocenters. The average molecular weight is 262 g/mol. The predicted molar refractivity (Wildman–Crippen MR) is 82.9 cm³/mol. The molecule has 1 aliphatic heterocycles. The molecule has 2 heterocycles. The average Bonchev–Trinajstić information content (AvgIpc) is 2.86. The molecule has 0 saturated carbocycles. The molecule has 4 rings (SSSR count). The van der Waals surface area contributed by atoms with Gasteiger partial charge in [-0.05, 0) is 30.7 Å². The van der Waals surface area contributed by atoms with E-state index >= 15 is 0 Å². The third kappa shape index (κ3) is 1.69. The number of hydrogen-bond donors (Lipinski definition) is 1. The van der Waals surface area contributed by atoms with Gasteiger partial charge in [-0.25, -0.2) is 0 Å². The highest BCUT2D eigenvalue weighted by molar-refractivity contribution is 5.85. The number of fused-ring (bicyclic) bond motifs is 3. The highest BCUT2D eigenvalue weighted by Crippen LogP contribution is 2.37. The number of rotatable bonds is 1. The Labute approximate surface area is 119 Å². The summed E-state index contributed by atoms with van der Waals surface area (Å²) in [5.74, 6) is 0. The molecule has 0 amide bonds. The quantitative estimate of drug-likeness (QED) is 0.707. The second-order valence-corrected chi connectivity index (χ2v) is 5.61. The van der Waals surface area contributed by atoms with Gasteiger partial charge in [0.1, 0.15) is 0 Å². The summed E-state index contributed by atoms with van der Waals surface area (Å²) in [6.07, 6.45) is 1.12. The Hall–Kier alpha value is -2.06. The minimum Gasteiger partial charge on any atom is -0.357 e. The molecule has 20 heavy (non-hydrogen) atoms. The van der Waals surface area contributed by atoms with Crippen LogP contribution in [0, 0.1) is 0 Å². The Morgan fingerprint density at radius 1 is 1.00 bits per heavy atom. The number of para-hydroxylation sites is 1. The van der Waals surface area contributed by atoms with E-state index in [4.69, 9.17) is 0 Å². The fraction of sp³-hybridized carbons (Fsp3) is 0.222. The molecule has 1 N–H and O–H groups in total. The van der Waals surface area contributed by atoms with Crippen LogP contribution in [-0.2, 0) is 6.42 Å². The first-order valence-corrected chi connectivity index (χ1v) is 7.19. The van der Waals surface area contributed by atoms with E-state index in [1.54, 1.807) is 0 Å². The zero-order valence-electron chi connectivity index (χ0n) is 11.6. The van der Waals surface area contributed by atoms with E-state index in [1.165, 1.54) is 27.7 Å². The first-order valence-electron chi connectivity index (χ1n) is 7.19. The van der Waals surface area contributed by atoms with Gasteiger partial charge in [0.15, 0.2) is 0 Å². The number of aromatic nitrogens is 1. The van der Waals surface area contributed by atoms with Crippen LogP contribution in [0.3, 0.4) is 0 Å². The van der Waals surface area contributed by atoms with E-state index in [-0.39, 0.29) is 0 Å². The van der Waals surface area contributed by atoms with Crippen molar-refractivity contribution in [2.45, 2.75) is 12.5 Å². The van der Waals surface area contributed by atoms with E-state index in [2.05, 4.69) is 71.5 Å². The topological polar surface area (TPSA) is 19.0 Å². The van der Waals surface area contributed by atoms with Gasteiger partial charge in [-0.2, -0.15) is 0 Å². The van der Waals surface area contributed by atoms with Crippen LogP contribution >= 0.6 is 0 Å². The molecule has 2 heteroatoms. The van der Waals surface area contributed by atoms with Gasteiger partial charge in [-0.15, -0.1) is 0 Å².